The molecule has 3 amide bonds. The Labute approximate surface area is 276 Å². The van der Waals surface area contributed by atoms with Gasteiger partial charge in [0.15, 0.2) is 0 Å². The van der Waals surface area contributed by atoms with Crippen molar-refractivity contribution < 1.29 is 38.5 Å². The summed E-state index contributed by atoms with van der Waals surface area (Å²) in [5.74, 6) is -0.638. The van der Waals surface area contributed by atoms with Gasteiger partial charge in [0.05, 0.1) is 12.2 Å². The van der Waals surface area contributed by atoms with Crippen LogP contribution in [0, 0.1) is 0 Å². The number of aromatic nitrogens is 3. The van der Waals surface area contributed by atoms with Gasteiger partial charge in [-0.15, -0.1) is 5.10 Å². The summed E-state index contributed by atoms with van der Waals surface area (Å²) in [5.41, 5.74) is -0.894. The predicted molar refractivity (Wildman–Crippen MR) is 172 cm³/mol. The van der Waals surface area contributed by atoms with Crippen molar-refractivity contribution >= 4 is 24.1 Å². The predicted octanol–water partition coefficient (Wildman–Crippen LogP) is 4.53. The van der Waals surface area contributed by atoms with E-state index >= 15 is 0 Å². The Bertz CT molecular complexity index is 1380. The second-order valence-electron chi connectivity index (χ2n) is 14.6. The SMILES string of the molecule is CC(C)(C)OC(=O)CC[C@@H](C(=O)N1CCN(C(=O)OC(C)(C)C)CC1)n1cc([C@H](Cc2ccc(O)cc2)NC(=O)OC(C)(C)C)nn1. The van der Waals surface area contributed by atoms with Crippen LogP contribution >= 0.6 is 0 Å². The number of esters is 1. The fourth-order valence-corrected chi connectivity index (χ4v) is 4.81. The van der Waals surface area contributed by atoms with Crippen molar-refractivity contribution in [2.24, 2.45) is 0 Å². The highest BCUT2D eigenvalue weighted by Gasteiger charge is 2.34. The topological polar surface area (TPSA) is 165 Å². The number of carbonyl (C=O) groups is 4. The second kappa shape index (κ2) is 15.0. The molecule has 0 spiro atoms. The van der Waals surface area contributed by atoms with Gasteiger partial charge in [-0.1, -0.05) is 17.3 Å². The third kappa shape index (κ3) is 12.4. The lowest BCUT2D eigenvalue weighted by Crippen LogP contribution is -2.53. The molecule has 1 aliphatic heterocycles. The molecule has 0 unspecified atom stereocenters. The molecule has 2 heterocycles. The highest BCUT2D eigenvalue weighted by Crippen LogP contribution is 2.24. The monoisotopic (exact) mass is 658 g/mol. The lowest BCUT2D eigenvalue weighted by molar-refractivity contribution is -0.155. The third-order valence-electron chi connectivity index (χ3n) is 6.84. The van der Waals surface area contributed by atoms with Gasteiger partial charge >= 0.3 is 18.2 Å². The Morgan fingerprint density at radius 2 is 1.38 bits per heavy atom. The first-order valence-corrected chi connectivity index (χ1v) is 15.9. The zero-order valence-electron chi connectivity index (χ0n) is 29.0. The number of hydrogen-bond acceptors (Lipinski definition) is 10. The zero-order valence-corrected chi connectivity index (χ0v) is 29.0. The number of amides is 3. The van der Waals surface area contributed by atoms with Gasteiger partial charge in [-0.2, -0.15) is 0 Å². The number of hydrogen-bond donors (Lipinski definition) is 2. The smallest absolute Gasteiger partial charge is 0.410 e. The maximum absolute atomic E-state index is 14.0. The quantitative estimate of drug-likeness (QED) is 0.289. The van der Waals surface area contributed by atoms with Crippen molar-refractivity contribution in [3.8, 4) is 5.75 Å². The summed E-state index contributed by atoms with van der Waals surface area (Å²) in [4.78, 5) is 55.2. The van der Waals surface area contributed by atoms with Crippen LogP contribution in [0.4, 0.5) is 9.59 Å². The van der Waals surface area contributed by atoms with Crippen LogP contribution < -0.4 is 5.32 Å². The minimum absolute atomic E-state index is 0.0478. The number of ether oxygens (including phenoxy) is 3. The number of nitrogens with one attached hydrogen (secondary N) is 1. The van der Waals surface area contributed by atoms with E-state index in [9.17, 15) is 24.3 Å². The molecule has 2 atom stereocenters. The van der Waals surface area contributed by atoms with Gasteiger partial charge < -0.3 is 34.4 Å². The highest BCUT2D eigenvalue weighted by molar-refractivity contribution is 5.81. The molecule has 2 aromatic rings. The zero-order chi connectivity index (χ0) is 35.2. The van der Waals surface area contributed by atoms with E-state index in [4.69, 9.17) is 14.2 Å². The van der Waals surface area contributed by atoms with Crippen molar-refractivity contribution in [3.63, 3.8) is 0 Å². The van der Waals surface area contributed by atoms with Gasteiger partial charge in [-0.3, -0.25) is 9.59 Å². The Kier molecular flexibility index (Phi) is 11.9. The number of phenols is 1. The summed E-state index contributed by atoms with van der Waals surface area (Å²) in [6, 6.07) is 4.95. The maximum Gasteiger partial charge on any atom is 0.410 e. The van der Waals surface area contributed by atoms with Crippen molar-refractivity contribution in [3.05, 3.63) is 41.7 Å². The number of carbonyl (C=O) groups excluding carboxylic acids is 4. The summed E-state index contributed by atoms with van der Waals surface area (Å²) in [5, 5.41) is 21.2. The summed E-state index contributed by atoms with van der Waals surface area (Å²) in [7, 11) is 0. The average molecular weight is 659 g/mol. The van der Waals surface area contributed by atoms with Crippen LogP contribution in [-0.2, 0) is 30.2 Å². The van der Waals surface area contributed by atoms with E-state index in [0.717, 1.165) is 5.56 Å². The number of rotatable bonds is 9. The molecule has 1 aliphatic rings. The number of phenolic OH excluding ortho intramolecular Hbond substituents is 1. The fraction of sp³-hybridized carbons (Fsp3) is 0.636. The molecule has 0 aliphatic carbocycles. The molecule has 260 valence electrons. The van der Waals surface area contributed by atoms with Gasteiger partial charge in [0.2, 0.25) is 5.91 Å². The highest BCUT2D eigenvalue weighted by atomic mass is 16.6. The summed E-state index contributed by atoms with van der Waals surface area (Å²) in [6.45, 7) is 17.1. The molecule has 14 heteroatoms. The number of nitrogens with zero attached hydrogens (tertiary/aromatic N) is 5. The Morgan fingerprint density at radius 3 is 1.94 bits per heavy atom. The lowest BCUT2D eigenvalue weighted by atomic mass is 10.0. The van der Waals surface area contributed by atoms with Crippen LogP contribution in [0.15, 0.2) is 30.5 Å². The maximum atomic E-state index is 14.0. The lowest BCUT2D eigenvalue weighted by Gasteiger charge is -2.37. The number of benzene rings is 1. The molecule has 0 radical (unpaired) electrons. The summed E-state index contributed by atoms with van der Waals surface area (Å²) < 4.78 is 17.9. The van der Waals surface area contributed by atoms with Crippen LogP contribution in [0.3, 0.4) is 0 Å². The molecule has 1 aromatic heterocycles. The molecular formula is C33H50N6O8. The molecular weight excluding hydrogens is 608 g/mol. The first kappa shape index (κ1) is 37.1. The van der Waals surface area contributed by atoms with Crippen LogP contribution in [0.5, 0.6) is 5.75 Å². The molecule has 0 bridgehead atoms. The molecule has 3 rings (SSSR count). The molecule has 1 aromatic carbocycles. The van der Waals surface area contributed by atoms with Crippen molar-refractivity contribution in [1.82, 2.24) is 30.1 Å². The molecule has 1 fully saturated rings. The number of aromatic hydroxyl groups is 1. The molecule has 2 N–H and O–H groups in total. The summed E-state index contributed by atoms with van der Waals surface area (Å²) >= 11 is 0. The largest absolute Gasteiger partial charge is 0.508 e. The Balaban J connectivity index is 1.85. The van der Waals surface area contributed by atoms with E-state index in [1.807, 2.05) is 0 Å². The van der Waals surface area contributed by atoms with Crippen molar-refractivity contribution in [2.75, 3.05) is 26.2 Å². The first-order chi connectivity index (χ1) is 21.7. The van der Waals surface area contributed by atoms with Crippen molar-refractivity contribution in [2.45, 2.75) is 110 Å². The van der Waals surface area contributed by atoms with Crippen LogP contribution in [0.2, 0.25) is 0 Å². The Hall–Kier alpha value is -4.36. The van der Waals surface area contributed by atoms with Crippen LogP contribution in [0.1, 0.15) is 98.5 Å². The molecule has 1 saturated heterocycles. The minimum Gasteiger partial charge on any atom is -0.508 e. The third-order valence-corrected chi connectivity index (χ3v) is 6.84. The van der Waals surface area contributed by atoms with E-state index in [1.165, 1.54) is 4.68 Å². The van der Waals surface area contributed by atoms with Gasteiger partial charge in [-0.25, -0.2) is 14.3 Å². The molecule has 47 heavy (non-hydrogen) atoms. The van der Waals surface area contributed by atoms with Crippen LogP contribution in [-0.4, -0.2) is 96.9 Å². The molecule has 0 saturated carbocycles. The minimum atomic E-state index is -0.910. The van der Waals surface area contributed by atoms with Crippen molar-refractivity contribution in [1.29, 1.82) is 0 Å². The van der Waals surface area contributed by atoms with Gasteiger partial charge in [0.25, 0.3) is 0 Å². The number of piperazine rings is 1. The van der Waals surface area contributed by atoms with Crippen LogP contribution in [0.25, 0.3) is 0 Å². The number of alkyl carbamates (subject to hydrolysis) is 1. The van der Waals surface area contributed by atoms with Gasteiger partial charge in [0.1, 0.15) is 34.3 Å². The van der Waals surface area contributed by atoms with E-state index in [2.05, 4.69) is 15.6 Å². The van der Waals surface area contributed by atoms with E-state index < -0.39 is 47.0 Å². The summed E-state index contributed by atoms with van der Waals surface area (Å²) in [6.07, 6.45) is 0.817. The Morgan fingerprint density at radius 1 is 0.830 bits per heavy atom. The van der Waals surface area contributed by atoms with E-state index in [-0.39, 0.29) is 50.7 Å². The van der Waals surface area contributed by atoms with Gasteiger partial charge in [-0.05, 0) is 92.9 Å². The first-order valence-electron chi connectivity index (χ1n) is 15.9. The van der Waals surface area contributed by atoms with Gasteiger partial charge in [0, 0.05) is 32.6 Å². The molecule has 14 nitrogen and oxygen atoms in total. The standard InChI is InChI=1S/C33H50N6O8/c1-31(2,3)45-27(41)15-14-26(28(42)37-16-18-38(19-17-37)30(44)47-33(7,8)9)39-21-25(35-36-39)24(34-29(43)46-32(4,5)6)20-22-10-12-23(40)13-11-22/h10-13,21,24,26,40H,14-20H2,1-9H3,(H,34,43)/t24-,26-/m0/s1. The van der Waals surface area contributed by atoms with E-state index in [1.54, 1.807) is 103 Å². The average Bonchev–Trinajstić information content (AvgIpc) is 3.41. The second-order valence-corrected chi connectivity index (χ2v) is 14.6. The fourth-order valence-electron chi connectivity index (χ4n) is 4.81. The van der Waals surface area contributed by atoms with E-state index in [0.29, 0.717) is 12.1 Å². The normalized spacial score (nSPS) is 15.4.